The fraction of sp³-hybridized carbons (Fsp3) is 0.455. The number of rotatable bonds is 4. The van der Waals surface area contributed by atoms with Crippen molar-refractivity contribution in [2.75, 3.05) is 0 Å². The maximum absolute atomic E-state index is 10.9. The summed E-state index contributed by atoms with van der Waals surface area (Å²) in [7, 11) is 0. The minimum Gasteiger partial charge on any atom is -0.328 e. The number of nitro groups is 1. The summed E-state index contributed by atoms with van der Waals surface area (Å²) in [5.74, 6) is 0. The van der Waals surface area contributed by atoms with Crippen molar-refractivity contribution in [1.82, 2.24) is 0 Å². The molecule has 0 aliphatic rings. The molecule has 0 bridgehead atoms. The third-order valence-electron chi connectivity index (χ3n) is 2.37. The quantitative estimate of drug-likeness (QED) is 0.609. The SMILES string of the molecule is Cc1cccc(CC[C@H](C)N)c1[N+](=O)[O-]. The fourth-order valence-corrected chi connectivity index (χ4v) is 1.57. The first-order chi connectivity index (χ1) is 7.02. The van der Waals surface area contributed by atoms with Gasteiger partial charge in [-0.15, -0.1) is 0 Å². The summed E-state index contributed by atoms with van der Waals surface area (Å²) in [6.45, 7) is 3.66. The topological polar surface area (TPSA) is 69.2 Å². The van der Waals surface area contributed by atoms with Gasteiger partial charge in [-0.2, -0.15) is 0 Å². The second-order valence-electron chi connectivity index (χ2n) is 3.86. The Balaban J connectivity index is 2.96. The fourth-order valence-electron chi connectivity index (χ4n) is 1.57. The molecule has 1 aromatic rings. The van der Waals surface area contributed by atoms with Crippen molar-refractivity contribution >= 4 is 5.69 Å². The molecule has 1 atom stereocenters. The zero-order valence-electron chi connectivity index (χ0n) is 9.06. The van der Waals surface area contributed by atoms with Crippen LogP contribution in [0.25, 0.3) is 0 Å². The van der Waals surface area contributed by atoms with Crippen LogP contribution in [-0.2, 0) is 6.42 Å². The highest BCUT2D eigenvalue weighted by Gasteiger charge is 2.16. The van der Waals surface area contributed by atoms with Crippen LogP contribution < -0.4 is 5.73 Å². The van der Waals surface area contributed by atoms with Gasteiger partial charge in [0, 0.05) is 17.2 Å². The summed E-state index contributed by atoms with van der Waals surface area (Å²) in [6.07, 6.45) is 1.43. The molecule has 0 spiro atoms. The Morgan fingerprint density at radius 3 is 2.73 bits per heavy atom. The third-order valence-corrected chi connectivity index (χ3v) is 2.37. The number of nitrogens with two attached hydrogens (primary N) is 1. The van der Waals surface area contributed by atoms with E-state index in [1.54, 1.807) is 19.1 Å². The maximum Gasteiger partial charge on any atom is 0.275 e. The lowest BCUT2D eigenvalue weighted by molar-refractivity contribution is -0.386. The largest absolute Gasteiger partial charge is 0.328 e. The Morgan fingerprint density at radius 1 is 1.53 bits per heavy atom. The molecule has 82 valence electrons. The van der Waals surface area contributed by atoms with Crippen LogP contribution in [0.15, 0.2) is 18.2 Å². The molecule has 4 heteroatoms. The molecule has 1 rings (SSSR count). The molecule has 4 nitrogen and oxygen atoms in total. The predicted molar refractivity (Wildman–Crippen MR) is 59.8 cm³/mol. The van der Waals surface area contributed by atoms with Gasteiger partial charge in [-0.25, -0.2) is 0 Å². The van der Waals surface area contributed by atoms with E-state index in [0.29, 0.717) is 12.0 Å². The van der Waals surface area contributed by atoms with Gasteiger partial charge >= 0.3 is 0 Å². The lowest BCUT2D eigenvalue weighted by Crippen LogP contribution is -2.15. The Kier molecular flexibility index (Phi) is 3.80. The zero-order valence-corrected chi connectivity index (χ0v) is 9.06. The number of benzene rings is 1. The number of aryl methyl sites for hydroxylation is 2. The molecule has 0 aliphatic carbocycles. The molecule has 0 amide bonds. The molecule has 0 heterocycles. The molecule has 0 aromatic heterocycles. The molecule has 0 radical (unpaired) electrons. The molecular weight excluding hydrogens is 192 g/mol. The van der Waals surface area contributed by atoms with Crippen LogP contribution in [0.1, 0.15) is 24.5 Å². The number of nitro benzene ring substituents is 1. The maximum atomic E-state index is 10.9. The Morgan fingerprint density at radius 2 is 2.20 bits per heavy atom. The van der Waals surface area contributed by atoms with Gasteiger partial charge in [-0.05, 0) is 26.7 Å². The van der Waals surface area contributed by atoms with Crippen molar-refractivity contribution < 1.29 is 4.92 Å². The monoisotopic (exact) mass is 208 g/mol. The van der Waals surface area contributed by atoms with E-state index in [1.165, 1.54) is 0 Å². The van der Waals surface area contributed by atoms with Crippen LogP contribution in [0.4, 0.5) is 5.69 Å². The second kappa shape index (κ2) is 4.89. The summed E-state index contributed by atoms with van der Waals surface area (Å²) >= 11 is 0. The highest BCUT2D eigenvalue weighted by molar-refractivity contribution is 5.47. The summed E-state index contributed by atoms with van der Waals surface area (Å²) < 4.78 is 0. The Hall–Kier alpha value is -1.42. The standard InChI is InChI=1S/C11H16N2O2/c1-8-4-3-5-10(7-6-9(2)12)11(8)13(14)15/h3-5,9H,6-7,12H2,1-2H3/t9-/m0/s1. The van der Waals surface area contributed by atoms with Crippen molar-refractivity contribution in [3.05, 3.63) is 39.4 Å². The van der Waals surface area contributed by atoms with Gasteiger partial charge in [0.2, 0.25) is 0 Å². The van der Waals surface area contributed by atoms with Crippen LogP contribution in [0.2, 0.25) is 0 Å². The van der Waals surface area contributed by atoms with E-state index in [9.17, 15) is 10.1 Å². The second-order valence-corrected chi connectivity index (χ2v) is 3.86. The van der Waals surface area contributed by atoms with Crippen molar-refractivity contribution in [2.24, 2.45) is 5.73 Å². The summed E-state index contributed by atoms with van der Waals surface area (Å²) in [6, 6.07) is 5.48. The molecule has 0 unspecified atom stereocenters. The third kappa shape index (κ3) is 3.02. The first kappa shape index (κ1) is 11.7. The molecule has 15 heavy (non-hydrogen) atoms. The average Bonchev–Trinajstić information content (AvgIpc) is 2.13. The van der Waals surface area contributed by atoms with E-state index in [2.05, 4.69) is 0 Å². The number of para-hydroxylation sites is 1. The highest BCUT2D eigenvalue weighted by Crippen LogP contribution is 2.24. The Bertz CT molecular complexity index is 362. The van der Waals surface area contributed by atoms with Crippen molar-refractivity contribution in [3.63, 3.8) is 0 Å². The first-order valence-corrected chi connectivity index (χ1v) is 5.01. The van der Waals surface area contributed by atoms with Gasteiger partial charge in [0.1, 0.15) is 0 Å². The highest BCUT2D eigenvalue weighted by atomic mass is 16.6. The van der Waals surface area contributed by atoms with Crippen molar-refractivity contribution in [1.29, 1.82) is 0 Å². The van der Waals surface area contributed by atoms with Gasteiger partial charge < -0.3 is 5.73 Å². The van der Waals surface area contributed by atoms with Gasteiger partial charge in [0.05, 0.1) is 4.92 Å². The predicted octanol–water partition coefficient (Wildman–Crippen LogP) is 2.18. The summed E-state index contributed by atoms with van der Waals surface area (Å²) in [4.78, 5) is 10.5. The van der Waals surface area contributed by atoms with Crippen LogP contribution in [-0.4, -0.2) is 11.0 Å². The lowest BCUT2D eigenvalue weighted by atomic mass is 10.0. The smallest absolute Gasteiger partial charge is 0.275 e. The van der Waals surface area contributed by atoms with Gasteiger partial charge in [-0.3, -0.25) is 10.1 Å². The number of hydrogen-bond acceptors (Lipinski definition) is 3. The molecule has 0 aliphatic heterocycles. The minimum atomic E-state index is -0.314. The number of hydrogen-bond donors (Lipinski definition) is 1. The van der Waals surface area contributed by atoms with Gasteiger partial charge in [0.15, 0.2) is 0 Å². The lowest BCUT2D eigenvalue weighted by Gasteiger charge is -2.07. The van der Waals surface area contributed by atoms with Crippen molar-refractivity contribution in [2.45, 2.75) is 32.7 Å². The van der Waals surface area contributed by atoms with Crippen LogP contribution in [0.5, 0.6) is 0 Å². The van der Waals surface area contributed by atoms with E-state index >= 15 is 0 Å². The molecule has 2 N–H and O–H groups in total. The summed E-state index contributed by atoms with van der Waals surface area (Å²) in [5, 5.41) is 10.9. The average molecular weight is 208 g/mol. The van der Waals surface area contributed by atoms with E-state index in [0.717, 1.165) is 12.0 Å². The Labute approximate surface area is 89.2 Å². The molecule has 1 aromatic carbocycles. The molecule has 0 saturated heterocycles. The molecule has 0 saturated carbocycles. The van der Waals surface area contributed by atoms with E-state index in [1.807, 2.05) is 13.0 Å². The van der Waals surface area contributed by atoms with Crippen LogP contribution in [0.3, 0.4) is 0 Å². The van der Waals surface area contributed by atoms with E-state index in [4.69, 9.17) is 5.73 Å². The number of nitrogens with zero attached hydrogens (tertiary/aromatic N) is 1. The normalized spacial score (nSPS) is 12.5. The van der Waals surface area contributed by atoms with Crippen LogP contribution in [0, 0.1) is 17.0 Å². The van der Waals surface area contributed by atoms with Crippen LogP contribution >= 0.6 is 0 Å². The first-order valence-electron chi connectivity index (χ1n) is 5.01. The molecular formula is C11H16N2O2. The minimum absolute atomic E-state index is 0.0742. The molecule has 0 fully saturated rings. The van der Waals surface area contributed by atoms with Gasteiger partial charge in [0.25, 0.3) is 5.69 Å². The van der Waals surface area contributed by atoms with E-state index in [-0.39, 0.29) is 16.7 Å². The van der Waals surface area contributed by atoms with E-state index < -0.39 is 0 Å². The van der Waals surface area contributed by atoms with Gasteiger partial charge in [-0.1, -0.05) is 18.2 Å². The summed E-state index contributed by atoms with van der Waals surface area (Å²) in [5.41, 5.74) is 7.35. The zero-order chi connectivity index (χ0) is 11.4. The van der Waals surface area contributed by atoms with Crippen molar-refractivity contribution in [3.8, 4) is 0 Å².